The van der Waals surface area contributed by atoms with Gasteiger partial charge in [-0.15, -0.1) is 0 Å². The Labute approximate surface area is 80.4 Å². The van der Waals surface area contributed by atoms with Crippen LogP contribution in [0.4, 0.5) is 0 Å². The molecule has 0 N–H and O–H groups in total. The Hall–Kier alpha value is -0.790. The highest BCUT2D eigenvalue weighted by atomic mass is 16.3. The van der Waals surface area contributed by atoms with Crippen LogP contribution in [0.2, 0.25) is 0 Å². The monoisotopic (exact) mass is 181 g/mol. The Kier molecular flexibility index (Phi) is 3.12. The van der Waals surface area contributed by atoms with E-state index in [1.54, 1.807) is 6.26 Å². The van der Waals surface area contributed by atoms with E-state index in [0.717, 1.165) is 5.69 Å². The van der Waals surface area contributed by atoms with Gasteiger partial charge >= 0.3 is 0 Å². The minimum atomic E-state index is 0.271. The number of aromatic nitrogens is 1. The fraction of sp³-hybridized carbons (Fsp3) is 0.727. The Balaban J connectivity index is 2.81. The molecule has 1 atom stereocenters. The highest BCUT2D eigenvalue weighted by Crippen LogP contribution is 2.37. The smallest absolute Gasteiger partial charge is 0.180 e. The SMILES string of the molecule is CCCC(c1cocn1)C(C)(C)C. The molecule has 0 saturated heterocycles. The number of hydrogen-bond donors (Lipinski definition) is 0. The average Bonchev–Trinajstić information content (AvgIpc) is 2.49. The Morgan fingerprint density at radius 1 is 1.46 bits per heavy atom. The van der Waals surface area contributed by atoms with Gasteiger partial charge in [-0.05, 0) is 11.8 Å². The van der Waals surface area contributed by atoms with Crippen LogP contribution in [0.5, 0.6) is 0 Å². The molecule has 74 valence electrons. The molecule has 1 aromatic heterocycles. The van der Waals surface area contributed by atoms with Gasteiger partial charge in [-0.1, -0.05) is 34.1 Å². The zero-order chi connectivity index (χ0) is 9.90. The third-order valence-corrected chi connectivity index (χ3v) is 2.43. The third kappa shape index (κ3) is 2.58. The first kappa shape index (κ1) is 10.3. The highest BCUT2D eigenvalue weighted by molar-refractivity contribution is 5.05. The van der Waals surface area contributed by atoms with Crippen molar-refractivity contribution in [3.63, 3.8) is 0 Å². The van der Waals surface area contributed by atoms with Gasteiger partial charge in [0.05, 0.1) is 5.69 Å². The van der Waals surface area contributed by atoms with E-state index in [9.17, 15) is 0 Å². The van der Waals surface area contributed by atoms with Crippen molar-refractivity contribution in [3.05, 3.63) is 18.4 Å². The second-order valence-corrected chi connectivity index (χ2v) is 4.62. The van der Waals surface area contributed by atoms with Crippen LogP contribution in [0.25, 0.3) is 0 Å². The van der Waals surface area contributed by atoms with E-state index in [-0.39, 0.29) is 5.41 Å². The van der Waals surface area contributed by atoms with Crippen LogP contribution in [-0.2, 0) is 0 Å². The zero-order valence-corrected chi connectivity index (χ0v) is 9.00. The van der Waals surface area contributed by atoms with E-state index in [2.05, 4.69) is 32.7 Å². The first-order valence-corrected chi connectivity index (χ1v) is 4.93. The fourth-order valence-corrected chi connectivity index (χ4v) is 1.71. The minimum Gasteiger partial charge on any atom is -0.451 e. The lowest BCUT2D eigenvalue weighted by atomic mass is 9.76. The summed E-state index contributed by atoms with van der Waals surface area (Å²) in [5.74, 6) is 0.510. The van der Waals surface area contributed by atoms with Gasteiger partial charge in [0.25, 0.3) is 0 Å². The van der Waals surface area contributed by atoms with Crippen LogP contribution in [0.3, 0.4) is 0 Å². The number of nitrogens with zero attached hydrogens (tertiary/aromatic N) is 1. The lowest BCUT2D eigenvalue weighted by Crippen LogP contribution is -2.18. The Morgan fingerprint density at radius 3 is 2.54 bits per heavy atom. The van der Waals surface area contributed by atoms with Crippen LogP contribution in [0.1, 0.15) is 52.1 Å². The molecule has 0 radical (unpaired) electrons. The predicted octanol–water partition coefficient (Wildman–Crippen LogP) is 3.60. The normalized spacial score (nSPS) is 14.5. The summed E-state index contributed by atoms with van der Waals surface area (Å²) in [5, 5.41) is 0. The van der Waals surface area contributed by atoms with Gasteiger partial charge in [0.1, 0.15) is 6.26 Å². The number of oxazole rings is 1. The van der Waals surface area contributed by atoms with Crippen molar-refractivity contribution in [3.8, 4) is 0 Å². The van der Waals surface area contributed by atoms with Gasteiger partial charge in [-0.2, -0.15) is 0 Å². The Bertz CT molecular complexity index is 233. The van der Waals surface area contributed by atoms with Crippen LogP contribution < -0.4 is 0 Å². The van der Waals surface area contributed by atoms with Crippen molar-refractivity contribution in [2.75, 3.05) is 0 Å². The standard InChI is InChI=1S/C11H19NO/c1-5-6-9(11(2,3)4)10-7-13-8-12-10/h7-9H,5-6H2,1-4H3. The maximum absolute atomic E-state index is 5.03. The van der Waals surface area contributed by atoms with E-state index < -0.39 is 0 Å². The summed E-state index contributed by atoms with van der Waals surface area (Å²) in [7, 11) is 0. The summed E-state index contributed by atoms with van der Waals surface area (Å²) in [6.07, 6.45) is 5.65. The molecule has 1 aromatic rings. The van der Waals surface area contributed by atoms with Crippen LogP contribution in [-0.4, -0.2) is 4.98 Å². The molecule has 0 aliphatic carbocycles. The van der Waals surface area contributed by atoms with Gasteiger partial charge in [-0.25, -0.2) is 4.98 Å². The topological polar surface area (TPSA) is 26.0 Å². The van der Waals surface area contributed by atoms with Crippen LogP contribution >= 0.6 is 0 Å². The maximum Gasteiger partial charge on any atom is 0.180 e. The highest BCUT2D eigenvalue weighted by Gasteiger charge is 2.27. The van der Waals surface area contributed by atoms with Crippen LogP contribution in [0.15, 0.2) is 17.1 Å². The molecule has 0 fully saturated rings. The van der Waals surface area contributed by atoms with E-state index in [0.29, 0.717) is 5.92 Å². The van der Waals surface area contributed by atoms with Crippen molar-refractivity contribution in [2.45, 2.75) is 46.5 Å². The van der Waals surface area contributed by atoms with Gasteiger partial charge < -0.3 is 4.42 Å². The second kappa shape index (κ2) is 3.95. The first-order chi connectivity index (χ1) is 6.05. The molecule has 0 saturated carbocycles. The van der Waals surface area contributed by atoms with Gasteiger partial charge in [0.15, 0.2) is 6.39 Å². The molecule has 2 nitrogen and oxygen atoms in total. The molecule has 0 aliphatic heterocycles. The number of rotatable bonds is 3. The minimum absolute atomic E-state index is 0.271. The molecule has 2 heteroatoms. The average molecular weight is 181 g/mol. The Morgan fingerprint density at radius 2 is 2.15 bits per heavy atom. The van der Waals surface area contributed by atoms with Crippen molar-refractivity contribution in [1.29, 1.82) is 0 Å². The van der Waals surface area contributed by atoms with Crippen molar-refractivity contribution in [1.82, 2.24) is 4.98 Å². The summed E-state index contributed by atoms with van der Waals surface area (Å²) in [4.78, 5) is 4.23. The van der Waals surface area contributed by atoms with Gasteiger partial charge in [-0.3, -0.25) is 0 Å². The van der Waals surface area contributed by atoms with Gasteiger partial charge in [0.2, 0.25) is 0 Å². The summed E-state index contributed by atoms with van der Waals surface area (Å²) in [6.45, 7) is 8.96. The molecule has 0 amide bonds. The predicted molar refractivity (Wildman–Crippen MR) is 53.6 cm³/mol. The lowest BCUT2D eigenvalue weighted by molar-refractivity contribution is 0.297. The zero-order valence-electron chi connectivity index (χ0n) is 9.00. The maximum atomic E-state index is 5.03. The molecule has 1 rings (SSSR count). The summed E-state index contributed by atoms with van der Waals surface area (Å²) < 4.78 is 5.03. The van der Waals surface area contributed by atoms with Crippen LogP contribution in [0, 0.1) is 5.41 Å². The van der Waals surface area contributed by atoms with E-state index in [1.807, 2.05) is 0 Å². The van der Waals surface area contributed by atoms with Crippen molar-refractivity contribution >= 4 is 0 Å². The molecule has 0 aliphatic rings. The fourth-order valence-electron chi connectivity index (χ4n) is 1.71. The summed E-state index contributed by atoms with van der Waals surface area (Å²) in [6, 6.07) is 0. The van der Waals surface area contributed by atoms with E-state index >= 15 is 0 Å². The van der Waals surface area contributed by atoms with Crippen molar-refractivity contribution < 1.29 is 4.42 Å². The van der Waals surface area contributed by atoms with Crippen molar-refractivity contribution in [2.24, 2.45) is 5.41 Å². The second-order valence-electron chi connectivity index (χ2n) is 4.62. The molecule has 13 heavy (non-hydrogen) atoms. The summed E-state index contributed by atoms with van der Waals surface area (Å²) >= 11 is 0. The quantitative estimate of drug-likeness (QED) is 0.712. The van der Waals surface area contributed by atoms with E-state index in [1.165, 1.54) is 19.2 Å². The lowest BCUT2D eigenvalue weighted by Gasteiger charge is -2.28. The van der Waals surface area contributed by atoms with Gasteiger partial charge in [0, 0.05) is 5.92 Å². The molecule has 1 heterocycles. The molecule has 0 bridgehead atoms. The largest absolute Gasteiger partial charge is 0.451 e. The van der Waals surface area contributed by atoms with E-state index in [4.69, 9.17) is 4.42 Å². The molecular weight excluding hydrogens is 162 g/mol. The first-order valence-electron chi connectivity index (χ1n) is 4.93. The molecule has 0 spiro atoms. The number of hydrogen-bond acceptors (Lipinski definition) is 2. The molecular formula is C11H19NO. The molecule has 1 unspecified atom stereocenters. The summed E-state index contributed by atoms with van der Waals surface area (Å²) in [5.41, 5.74) is 1.36. The molecule has 0 aromatic carbocycles. The third-order valence-electron chi connectivity index (χ3n) is 2.43.